The predicted molar refractivity (Wildman–Crippen MR) is 97.9 cm³/mol. The third-order valence-corrected chi connectivity index (χ3v) is 7.37. The van der Waals surface area contributed by atoms with E-state index in [2.05, 4.69) is 5.32 Å². The minimum absolute atomic E-state index is 0.125. The Kier molecular flexibility index (Phi) is 5.00. The van der Waals surface area contributed by atoms with Crippen molar-refractivity contribution in [2.45, 2.75) is 44.8 Å². The van der Waals surface area contributed by atoms with Gasteiger partial charge in [-0.25, -0.2) is 0 Å². The van der Waals surface area contributed by atoms with Crippen molar-refractivity contribution in [2.75, 3.05) is 31.6 Å². The van der Waals surface area contributed by atoms with Crippen LogP contribution in [0.15, 0.2) is 18.2 Å². The van der Waals surface area contributed by atoms with E-state index in [9.17, 15) is 13.2 Å². The predicted octanol–water partition coefficient (Wildman–Crippen LogP) is 1.50. The number of carbonyl (C=O) groups excluding carboxylic acids is 1. The summed E-state index contributed by atoms with van der Waals surface area (Å²) < 4.78 is 34.2. The zero-order valence-corrected chi connectivity index (χ0v) is 15.6. The van der Waals surface area contributed by atoms with Gasteiger partial charge in [0.25, 0.3) is 16.1 Å². The lowest BCUT2D eigenvalue weighted by Gasteiger charge is -2.31. The Hall–Kier alpha value is -1.48. The number of fused-ring (bicyclic) bond motifs is 1. The van der Waals surface area contributed by atoms with Crippen LogP contribution in [0.1, 0.15) is 36.8 Å². The minimum atomic E-state index is -3.39. The topological polar surface area (TPSA) is 79.0 Å². The highest BCUT2D eigenvalue weighted by Gasteiger charge is 2.33. The summed E-state index contributed by atoms with van der Waals surface area (Å²) in [5.41, 5.74) is 2.81. The van der Waals surface area contributed by atoms with Crippen LogP contribution in [0.5, 0.6) is 0 Å². The SMILES string of the molecule is O=C(Nc1ccc2c(c1)CN(S(=O)(=O)N1CCCC1)CC2)[C@H]1CCCO1. The molecule has 1 aromatic carbocycles. The zero-order chi connectivity index (χ0) is 18.1. The summed E-state index contributed by atoms with van der Waals surface area (Å²) in [7, 11) is -3.39. The first-order valence-electron chi connectivity index (χ1n) is 9.33. The van der Waals surface area contributed by atoms with E-state index in [4.69, 9.17) is 4.74 Å². The molecule has 2 fully saturated rings. The fourth-order valence-corrected chi connectivity index (χ4v) is 5.57. The largest absolute Gasteiger partial charge is 0.368 e. The van der Waals surface area contributed by atoms with Gasteiger partial charge in [0.15, 0.2) is 0 Å². The molecule has 26 heavy (non-hydrogen) atoms. The van der Waals surface area contributed by atoms with Crippen molar-refractivity contribution in [3.63, 3.8) is 0 Å². The van der Waals surface area contributed by atoms with Crippen molar-refractivity contribution in [3.8, 4) is 0 Å². The number of hydrogen-bond donors (Lipinski definition) is 1. The molecular formula is C18H25N3O4S. The van der Waals surface area contributed by atoms with Crippen LogP contribution < -0.4 is 5.32 Å². The molecule has 3 aliphatic heterocycles. The molecule has 0 saturated carbocycles. The highest BCUT2D eigenvalue weighted by atomic mass is 32.2. The highest BCUT2D eigenvalue weighted by molar-refractivity contribution is 7.86. The van der Waals surface area contributed by atoms with Crippen molar-refractivity contribution < 1.29 is 17.9 Å². The molecule has 142 valence electrons. The van der Waals surface area contributed by atoms with Gasteiger partial charge in [-0.15, -0.1) is 0 Å². The number of carbonyl (C=O) groups is 1. The Balaban J connectivity index is 1.48. The third-order valence-electron chi connectivity index (χ3n) is 5.39. The molecule has 2 saturated heterocycles. The average molecular weight is 379 g/mol. The number of rotatable bonds is 4. The first-order chi connectivity index (χ1) is 12.5. The van der Waals surface area contributed by atoms with Crippen molar-refractivity contribution in [1.29, 1.82) is 0 Å². The summed E-state index contributed by atoms with van der Waals surface area (Å²) >= 11 is 0. The van der Waals surface area contributed by atoms with Crippen LogP contribution in [0, 0.1) is 0 Å². The molecule has 0 aliphatic carbocycles. The molecule has 8 heteroatoms. The summed E-state index contributed by atoms with van der Waals surface area (Å²) in [6, 6.07) is 5.77. The van der Waals surface area contributed by atoms with E-state index >= 15 is 0 Å². The lowest BCUT2D eigenvalue weighted by molar-refractivity contribution is -0.124. The molecule has 1 atom stereocenters. The smallest absolute Gasteiger partial charge is 0.282 e. The summed E-state index contributed by atoms with van der Waals surface area (Å²) in [6.07, 6.45) is 3.84. The molecule has 3 heterocycles. The molecule has 0 aromatic heterocycles. The Morgan fingerprint density at radius 2 is 1.88 bits per heavy atom. The summed E-state index contributed by atoms with van der Waals surface area (Å²) in [6.45, 7) is 2.73. The van der Waals surface area contributed by atoms with Crippen LogP contribution in [-0.2, 0) is 32.7 Å². The maximum atomic E-state index is 12.8. The number of hydrogen-bond acceptors (Lipinski definition) is 4. The number of ether oxygens (including phenoxy) is 1. The second-order valence-electron chi connectivity index (χ2n) is 7.17. The summed E-state index contributed by atoms with van der Waals surface area (Å²) in [4.78, 5) is 12.2. The highest BCUT2D eigenvalue weighted by Crippen LogP contribution is 2.27. The number of nitrogens with one attached hydrogen (secondary N) is 1. The molecule has 0 bridgehead atoms. The molecule has 1 aromatic rings. The van der Waals surface area contributed by atoms with E-state index < -0.39 is 10.2 Å². The van der Waals surface area contributed by atoms with Crippen LogP contribution in [0.4, 0.5) is 5.69 Å². The lowest BCUT2D eigenvalue weighted by atomic mass is 10.0. The van der Waals surface area contributed by atoms with Crippen LogP contribution in [0.25, 0.3) is 0 Å². The molecule has 1 N–H and O–H groups in total. The van der Waals surface area contributed by atoms with Gasteiger partial charge in [0.1, 0.15) is 6.10 Å². The molecule has 0 spiro atoms. The normalized spacial score (nSPS) is 24.5. The average Bonchev–Trinajstić information content (AvgIpc) is 3.34. The van der Waals surface area contributed by atoms with Gasteiger partial charge < -0.3 is 10.1 Å². The van der Waals surface area contributed by atoms with Gasteiger partial charge in [-0.05, 0) is 55.4 Å². The quantitative estimate of drug-likeness (QED) is 0.860. The van der Waals surface area contributed by atoms with E-state index in [1.807, 2.05) is 18.2 Å². The van der Waals surface area contributed by atoms with Gasteiger partial charge in [0.2, 0.25) is 0 Å². The van der Waals surface area contributed by atoms with E-state index in [0.29, 0.717) is 44.9 Å². The van der Waals surface area contributed by atoms with Gasteiger partial charge in [-0.1, -0.05) is 6.07 Å². The van der Waals surface area contributed by atoms with Crippen LogP contribution in [0.3, 0.4) is 0 Å². The van der Waals surface area contributed by atoms with Crippen LogP contribution in [0.2, 0.25) is 0 Å². The van der Waals surface area contributed by atoms with Gasteiger partial charge in [-0.2, -0.15) is 17.0 Å². The number of nitrogens with zero attached hydrogens (tertiary/aromatic N) is 2. The molecule has 0 unspecified atom stereocenters. The Morgan fingerprint density at radius 3 is 2.62 bits per heavy atom. The molecule has 3 aliphatic rings. The van der Waals surface area contributed by atoms with Crippen molar-refractivity contribution >= 4 is 21.8 Å². The van der Waals surface area contributed by atoms with Crippen molar-refractivity contribution in [2.24, 2.45) is 0 Å². The number of anilines is 1. The molecule has 4 rings (SSSR count). The molecule has 1 amide bonds. The maximum Gasteiger partial charge on any atom is 0.282 e. The third kappa shape index (κ3) is 3.51. The van der Waals surface area contributed by atoms with E-state index in [0.717, 1.165) is 36.8 Å². The van der Waals surface area contributed by atoms with E-state index in [1.54, 1.807) is 8.61 Å². The van der Waals surface area contributed by atoms with Gasteiger partial charge in [0.05, 0.1) is 0 Å². The first-order valence-corrected chi connectivity index (χ1v) is 10.7. The van der Waals surface area contributed by atoms with E-state index in [1.165, 1.54) is 0 Å². The fourth-order valence-electron chi connectivity index (χ4n) is 3.90. The second kappa shape index (κ2) is 7.26. The molecule has 0 radical (unpaired) electrons. The number of benzene rings is 1. The lowest BCUT2D eigenvalue weighted by Crippen LogP contribution is -2.44. The first kappa shape index (κ1) is 17.9. The Morgan fingerprint density at radius 1 is 1.08 bits per heavy atom. The van der Waals surface area contributed by atoms with Crippen LogP contribution >= 0.6 is 0 Å². The summed E-state index contributed by atoms with van der Waals surface area (Å²) in [5, 5.41) is 2.90. The number of amides is 1. The molecule has 7 nitrogen and oxygen atoms in total. The Bertz CT molecular complexity index is 784. The standard InChI is InChI=1S/C18H25N3O4S/c22-18(17-4-3-11-25-17)19-16-6-5-14-7-10-21(13-15(14)12-16)26(23,24)20-8-1-2-9-20/h5-6,12,17H,1-4,7-11,13H2,(H,19,22)/t17-/m1/s1. The Labute approximate surface area is 154 Å². The minimum Gasteiger partial charge on any atom is -0.368 e. The van der Waals surface area contributed by atoms with E-state index in [-0.39, 0.29) is 12.0 Å². The van der Waals surface area contributed by atoms with Crippen LogP contribution in [-0.4, -0.2) is 55.3 Å². The summed E-state index contributed by atoms with van der Waals surface area (Å²) in [5.74, 6) is -0.125. The van der Waals surface area contributed by atoms with Crippen molar-refractivity contribution in [3.05, 3.63) is 29.3 Å². The fraction of sp³-hybridized carbons (Fsp3) is 0.611. The zero-order valence-electron chi connectivity index (χ0n) is 14.8. The van der Waals surface area contributed by atoms with Gasteiger partial charge >= 0.3 is 0 Å². The van der Waals surface area contributed by atoms with Crippen molar-refractivity contribution in [1.82, 2.24) is 8.61 Å². The molecular weight excluding hydrogens is 354 g/mol. The van der Waals surface area contributed by atoms with Gasteiger partial charge in [-0.3, -0.25) is 4.79 Å². The second-order valence-corrected chi connectivity index (χ2v) is 9.10. The monoisotopic (exact) mass is 379 g/mol. The van der Waals surface area contributed by atoms with Gasteiger partial charge in [0, 0.05) is 38.5 Å². The maximum absolute atomic E-state index is 12.8.